The number of halogens is 2. The Labute approximate surface area is 218 Å². The van der Waals surface area contributed by atoms with Crippen molar-refractivity contribution in [2.24, 2.45) is 0 Å². The van der Waals surface area contributed by atoms with Gasteiger partial charge in [0.15, 0.2) is 0 Å². The van der Waals surface area contributed by atoms with E-state index in [0.29, 0.717) is 23.4 Å². The van der Waals surface area contributed by atoms with E-state index in [4.69, 9.17) is 23.2 Å². The Balaban J connectivity index is 1.61. The molecule has 0 aliphatic heterocycles. The van der Waals surface area contributed by atoms with Crippen LogP contribution < -0.4 is 14.8 Å². The summed E-state index contributed by atoms with van der Waals surface area (Å²) in [6.07, 6.45) is 4.42. The Morgan fingerprint density at radius 2 is 1.67 bits per heavy atom. The predicted octanol–water partition coefficient (Wildman–Crippen LogP) is 3.09. The zero-order valence-corrected chi connectivity index (χ0v) is 21.3. The average Bonchev–Trinajstić information content (AvgIpc) is 2.79. The number of hydrogen-bond donors (Lipinski definition) is 4. The molecule has 0 spiro atoms. The summed E-state index contributed by atoms with van der Waals surface area (Å²) in [6.45, 7) is 1.66. The molecule has 4 N–H and O–H groups in total. The van der Waals surface area contributed by atoms with Gasteiger partial charge in [-0.2, -0.15) is 17.9 Å². The van der Waals surface area contributed by atoms with Gasteiger partial charge in [-0.15, -0.1) is 0 Å². The lowest BCUT2D eigenvalue weighted by atomic mass is 10.1. The molecule has 13 heteroatoms. The van der Waals surface area contributed by atoms with Gasteiger partial charge in [-0.1, -0.05) is 41.4 Å². The van der Waals surface area contributed by atoms with E-state index in [1.165, 1.54) is 12.4 Å². The summed E-state index contributed by atoms with van der Waals surface area (Å²) in [5.41, 5.74) is 1.71. The van der Waals surface area contributed by atoms with Gasteiger partial charge in [0.25, 0.3) is 16.1 Å². The summed E-state index contributed by atoms with van der Waals surface area (Å²) >= 11 is 12.0. The molecular formula is C23H23Cl2N5O5S. The fourth-order valence-electron chi connectivity index (χ4n) is 3.32. The highest BCUT2D eigenvalue weighted by molar-refractivity contribution is 7.87. The van der Waals surface area contributed by atoms with Gasteiger partial charge >= 0.3 is 5.97 Å². The van der Waals surface area contributed by atoms with Crippen LogP contribution in [0.3, 0.4) is 0 Å². The van der Waals surface area contributed by atoms with E-state index < -0.39 is 34.2 Å². The number of benzene rings is 1. The molecule has 0 saturated heterocycles. The van der Waals surface area contributed by atoms with Gasteiger partial charge in [0.05, 0.1) is 15.6 Å². The lowest BCUT2D eigenvalue weighted by Crippen LogP contribution is -2.50. The lowest BCUT2D eigenvalue weighted by molar-refractivity contribution is -0.138. The number of pyridine rings is 2. The number of carboxylic acid groups (broad SMARTS) is 1. The minimum atomic E-state index is -4.12. The molecule has 36 heavy (non-hydrogen) atoms. The van der Waals surface area contributed by atoms with Gasteiger partial charge in [-0.05, 0) is 43.2 Å². The smallest absolute Gasteiger partial charge is 0.322 e. The summed E-state index contributed by atoms with van der Waals surface area (Å²) in [5, 5.41) is 12.4. The van der Waals surface area contributed by atoms with Crippen LogP contribution in [0, 0.1) is 0 Å². The molecule has 0 aliphatic carbocycles. The number of nitrogens with zero attached hydrogens (tertiary/aromatic N) is 2. The molecule has 3 aromatic rings. The molecule has 1 amide bonds. The number of rotatable bonds is 11. The van der Waals surface area contributed by atoms with Crippen LogP contribution in [0.4, 0.5) is 5.69 Å². The van der Waals surface area contributed by atoms with Crippen LogP contribution in [-0.2, 0) is 27.8 Å². The molecule has 0 saturated carbocycles. The molecule has 2 atom stereocenters. The highest BCUT2D eigenvalue weighted by Gasteiger charge is 2.25. The molecule has 2 aromatic heterocycles. The molecule has 0 radical (unpaired) electrons. The van der Waals surface area contributed by atoms with E-state index in [2.05, 4.69) is 24.7 Å². The molecule has 3 rings (SSSR count). The van der Waals surface area contributed by atoms with E-state index >= 15 is 0 Å². The minimum absolute atomic E-state index is 0.0718. The van der Waals surface area contributed by atoms with Crippen molar-refractivity contribution in [1.29, 1.82) is 0 Å². The Hall–Kier alpha value is -3.09. The molecule has 1 unspecified atom stereocenters. The molecule has 1 aromatic carbocycles. The van der Waals surface area contributed by atoms with Crippen molar-refractivity contribution in [2.45, 2.75) is 31.8 Å². The zero-order valence-electron chi connectivity index (χ0n) is 19.0. The highest BCUT2D eigenvalue weighted by Crippen LogP contribution is 2.24. The van der Waals surface area contributed by atoms with Gasteiger partial charge in [-0.25, -0.2) is 0 Å². The fourth-order valence-corrected chi connectivity index (χ4v) is 5.10. The van der Waals surface area contributed by atoms with Crippen molar-refractivity contribution >= 4 is 51.0 Å². The number of anilines is 1. The molecule has 0 fully saturated rings. The largest absolute Gasteiger partial charge is 0.480 e. The first-order valence-corrected chi connectivity index (χ1v) is 12.9. The number of aliphatic carboxylic acids is 1. The molecule has 10 nitrogen and oxygen atoms in total. The van der Waals surface area contributed by atoms with Crippen LogP contribution in [0.25, 0.3) is 0 Å². The third kappa shape index (κ3) is 7.97. The Morgan fingerprint density at radius 3 is 2.25 bits per heavy atom. The number of amides is 1. The standard InChI is InChI=1S/C23H23Cl2N5O5S/c1-14(10-17-4-2-3-9-27-17)29-36(34,35)30-20(23(32)33)11-15-5-7-16(8-6-15)28-22(31)21-18(24)12-26-13-19(21)25/h2-9,12-14,20,29-30H,10-11H2,1H3,(H,28,31)(H,32,33)/t14?,20-/m0/s1. The first kappa shape index (κ1) is 27.5. The molecule has 0 bridgehead atoms. The fraction of sp³-hybridized carbons (Fsp3) is 0.217. The lowest BCUT2D eigenvalue weighted by Gasteiger charge is -2.18. The second-order valence-electron chi connectivity index (χ2n) is 7.89. The number of carbonyl (C=O) groups is 2. The van der Waals surface area contributed by atoms with E-state index in [1.54, 1.807) is 55.6 Å². The van der Waals surface area contributed by atoms with E-state index in [0.717, 1.165) is 0 Å². The first-order chi connectivity index (χ1) is 17.0. The monoisotopic (exact) mass is 551 g/mol. The molecule has 0 aliphatic rings. The minimum Gasteiger partial charge on any atom is -0.480 e. The molecule has 190 valence electrons. The van der Waals surface area contributed by atoms with Gasteiger partial charge in [0, 0.05) is 42.4 Å². The molecule has 2 heterocycles. The van der Waals surface area contributed by atoms with Gasteiger partial charge in [0.1, 0.15) is 6.04 Å². The first-order valence-electron chi connectivity index (χ1n) is 10.7. The van der Waals surface area contributed by atoms with Crippen molar-refractivity contribution < 1.29 is 23.1 Å². The average molecular weight is 552 g/mol. The normalized spacial score (nSPS) is 13.1. The third-order valence-electron chi connectivity index (χ3n) is 4.93. The zero-order chi connectivity index (χ0) is 26.3. The molecular weight excluding hydrogens is 529 g/mol. The number of nitrogens with one attached hydrogen (secondary N) is 3. The van der Waals surface area contributed by atoms with Crippen LogP contribution in [0.2, 0.25) is 10.0 Å². The number of hydrogen-bond acceptors (Lipinski definition) is 6. The van der Waals surface area contributed by atoms with Crippen molar-refractivity contribution in [3.8, 4) is 0 Å². The number of carbonyl (C=O) groups excluding carboxylic acids is 1. The van der Waals surface area contributed by atoms with E-state index in [9.17, 15) is 23.1 Å². The van der Waals surface area contributed by atoms with E-state index in [1.807, 2.05) is 0 Å². The van der Waals surface area contributed by atoms with Crippen molar-refractivity contribution in [3.05, 3.63) is 87.9 Å². The summed E-state index contributed by atoms with van der Waals surface area (Å²) in [7, 11) is -4.12. The van der Waals surface area contributed by atoms with E-state index in [-0.39, 0.29) is 22.0 Å². The van der Waals surface area contributed by atoms with Crippen LogP contribution in [0.1, 0.15) is 28.5 Å². The maximum absolute atomic E-state index is 12.5. The Kier molecular flexibility index (Phi) is 9.35. The summed E-state index contributed by atoms with van der Waals surface area (Å²) in [5.74, 6) is -1.88. The van der Waals surface area contributed by atoms with Crippen molar-refractivity contribution in [1.82, 2.24) is 19.4 Å². The van der Waals surface area contributed by atoms with Crippen molar-refractivity contribution in [2.75, 3.05) is 5.32 Å². The third-order valence-corrected chi connectivity index (χ3v) is 6.81. The van der Waals surface area contributed by atoms with Crippen LogP contribution >= 0.6 is 23.2 Å². The Morgan fingerprint density at radius 1 is 1.00 bits per heavy atom. The quantitative estimate of drug-likeness (QED) is 0.286. The van der Waals surface area contributed by atoms with Crippen LogP contribution in [0.5, 0.6) is 0 Å². The van der Waals surface area contributed by atoms with Crippen molar-refractivity contribution in [3.63, 3.8) is 0 Å². The van der Waals surface area contributed by atoms with Crippen LogP contribution in [-0.4, -0.2) is 47.5 Å². The van der Waals surface area contributed by atoms with Crippen LogP contribution in [0.15, 0.2) is 61.1 Å². The summed E-state index contributed by atoms with van der Waals surface area (Å²) in [6, 6.07) is 9.64. The van der Waals surface area contributed by atoms with Gasteiger partial charge in [0.2, 0.25) is 0 Å². The number of carboxylic acids is 1. The SMILES string of the molecule is CC(Cc1ccccn1)NS(=O)(=O)N[C@@H](Cc1ccc(NC(=O)c2c(Cl)cncc2Cl)cc1)C(=O)O. The highest BCUT2D eigenvalue weighted by atomic mass is 35.5. The number of aromatic nitrogens is 2. The predicted molar refractivity (Wildman–Crippen MR) is 136 cm³/mol. The second-order valence-corrected chi connectivity index (χ2v) is 10.2. The second kappa shape index (κ2) is 12.2. The maximum atomic E-state index is 12.5. The summed E-state index contributed by atoms with van der Waals surface area (Å²) in [4.78, 5) is 32.2. The van der Waals surface area contributed by atoms with Gasteiger partial charge in [-0.3, -0.25) is 19.6 Å². The van der Waals surface area contributed by atoms with Gasteiger partial charge < -0.3 is 10.4 Å². The topological polar surface area (TPSA) is 150 Å². The maximum Gasteiger partial charge on any atom is 0.322 e. The summed E-state index contributed by atoms with van der Waals surface area (Å²) < 4.78 is 29.6. The Bertz CT molecular complexity index is 1300.